The van der Waals surface area contributed by atoms with Crippen LogP contribution in [-0.2, 0) is 5.33 Å². The topological polar surface area (TPSA) is 9.23 Å². The molecule has 2 aromatic rings. The van der Waals surface area contributed by atoms with E-state index in [9.17, 15) is 0 Å². The van der Waals surface area contributed by atoms with Gasteiger partial charge in [-0.2, -0.15) is 0 Å². The first-order chi connectivity index (χ1) is 8.19. The molecule has 0 spiro atoms. The molecule has 4 heteroatoms. The Bertz CT molecular complexity index is 529. The van der Waals surface area contributed by atoms with Crippen molar-refractivity contribution in [2.75, 3.05) is 0 Å². The standard InChI is InChI=1S/C13H9BrCl2O/c14-8-9-2-1-3-10(6-9)17-11-4-5-12(15)13(16)7-11/h1-7H,8H2. The molecule has 0 aromatic heterocycles. The highest BCUT2D eigenvalue weighted by Gasteiger charge is 2.02. The van der Waals surface area contributed by atoms with Crippen molar-refractivity contribution >= 4 is 39.1 Å². The minimum Gasteiger partial charge on any atom is -0.457 e. The summed E-state index contributed by atoms with van der Waals surface area (Å²) in [6.07, 6.45) is 0. The molecule has 0 N–H and O–H groups in total. The average molecular weight is 332 g/mol. The zero-order valence-electron chi connectivity index (χ0n) is 8.79. The Morgan fingerprint density at radius 2 is 1.71 bits per heavy atom. The minimum absolute atomic E-state index is 0.487. The maximum atomic E-state index is 5.92. The van der Waals surface area contributed by atoms with Gasteiger partial charge in [0.2, 0.25) is 0 Å². The summed E-state index contributed by atoms with van der Waals surface area (Å²) in [5, 5.41) is 1.81. The number of hydrogen-bond acceptors (Lipinski definition) is 1. The first-order valence-electron chi connectivity index (χ1n) is 4.97. The van der Waals surface area contributed by atoms with Crippen LogP contribution in [0.1, 0.15) is 5.56 Å². The summed E-state index contributed by atoms with van der Waals surface area (Å²) in [5.74, 6) is 1.45. The molecule has 88 valence electrons. The summed E-state index contributed by atoms with van der Waals surface area (Å²) in [7, 11) is 0. The van der Waals surface area contributed by atoms with Gasteiger partial charge in [-0.25, -0.2) is 0 Å². The van der Waals surface area contributed by atoms with Crippen molar-refractivity contribution in [2.24, 2.45) is 0 Å². The SMILES string of the molecule is Clc1ccc(Oc2cccc(CBr)c2)cc1Cl. The molecular formula is C13H9BrCl2O. The Kier molecular flexibility index (Phi) is 4.32. The van der Waals surface area contributed by atoms with Gasteiger partial charge in [0.25, 0.3) is 0 Å². The fraction of sp³-hybridized carbons (Fsp3) is 0.0769. The van der Waals surface area contributed by atoms with Crippen molar-refractivity contribution < 1.29 is 4.74 Å². The second-order valence-electron chi connectivity index (χ2n) is 3.46. The van der Waals surface area contributed by atoms with E-state index < -0.39 is 0 Å². The smallest absolute Gasteiger partial charge is 0.129 e. The maximum absolute atomic E-state index is 5.92. The fourth-order valence-corrected chi connectivity index (χ4v) is 2.01. The normalized spacial score (nSPS) is 10.3. The molecule has 0 fully saturated rings. The molecule has 0 radical (unpaired) electrons. The monoisotopic (exact) mass is 330 g/mol. The number of rotatable bonds is 3. The van der Waals surface area contributed by atoms with Gasteiger partial charge in [-0.05, 0) is 29.8 Å². The molecule has 0 atom stereocenters. The molecule has 0 saturated heterocycles. The van der Waals surface area contributed by atoms with Crippen molar-refractivity contribution in [3.05, 3.63) is 58.1 Å². The highest BCUT2D eigenvalue weighted by Crippen LogP contribution is 2.29. The highest BCUT2D eigenvalue weighted by atomic mass is 79.9. The van der Waals surface area contributed by atoms with Crippen LogP contribution in [0.5, 0.6) is 11.5 Å². The molecule has 2 rings (SSSR count). The number of benzene rings is 2. The summed E-state index contributed by atoms with van der Waals surface area (Å²) in [6.45, 7) is 0. The van der Waals surface area contributed by atoms with E-state index in [1.807, 2.05) is 24.3 Å². The van der Waals surface area contributed by atoms with Crippen LogP contribution >= 0.6 is 39.1 Å². The third-order valence-electron chi connectivity index (χ3n) is 2.18. The predicted molar refractivity (Wildman–Crippen MR) is 75.6 cm³/mol. The van der Waals surface area contributed by atoms with Crippen molar-refractivity contribution in [3.8, 4) is 11.5 Å². The predicted octanol–water partition coefficient (Wildman–Crippen LogP) is 5.68. The average Bonchev–Trinajstić information content (AvgIpc) is 2.34. The molecule has 0 aliphatic heterocycles. The summed E-state index contributed by atoms with van der Waals surface area (Å²) < 4.78 is 5.69. The summed E-state index contributed by atoms with van der Waals surface area (Å²) in [4.78, 5) is 0. The molecule has 1 nitrogen and oxygen atoms in total. The lowest BCUT2D eigenvalue weighted by atomic mass is 10.2. The third-order valence-corrected chi connectivity index (χ3v) is 3.57. The van der Waals surface area contributed by atoms with Gasteiger partial charge in [0.05, 0.1) is 10.0 Å². The number of alkyl halides is 1. The van der Waals surface area contributed by atoms with E-state index in [-0.39, 0.29) is 0 Å². The van der Waals surface area contributed by atoms with Crippen LogP contribution < -0.4 is 4.74 Å². The third kappa shape index (κ3) is 3.38. The lowest BCUT2D eigenvalue weighted by Gasteiger charge is -2.07. The zero-order valence-corrected chi connectivity index (χ0v) is 11.9. The largest absolute Gasteiger partial charge is 0.457 e. The molecule has 0 aliphatic rings. The molecule has 0 bridgehead atoms. The van der Waals surface area contributed by atoms with E-state index in [0.717, 1.165) is 16.6 Å². The molecule has 0 saturated carbocycles. The van der Waals surface area contributed by atoms with Crippen LogP contribution in [0.3, 0.4) is 0 Å². The molecule has 0 amide bonds. The van der Waals surface area contributed by atoms with Gasteiger partial charge in [-0.3, -0.25) is 0 Å². The maximum Gasteiger partial charge on any atom is 0.129 e. The van der Waals surface area contributed by atoms with Gasteiger partial charge < -0.3 is 4.74 Å². The number of hydrogen-bond donors (Lipinski definition) is 0. The van der Waals surface area contributed by atoms with E-state index >= 15 is 0 Å². The van der Waals surface area contributed by atoms with E-state index in [0.29, 0.717) is 15.8 Å². The van der Waals surface area contributed by atoms with E-state index in [4.69, 9.17) is 27.9 Å². The van der Waals surface area contributed by atoms with Crippen LogP contribution in [-0.4, -0.2) is 0 Å². The Hall–Kier alpha value is -0.700. The first-order valence-corrected chi connectivity index (χ1v) is 6.84. The Morgan fingerprint density at radius 3 is 2.41 bits per heavy atom. The van der Waals surface area contributed by atoms with E-state index in [1.165, 1.54) is 0 Å². The van der Waals surface area contributed by atoms with Gasteiger partial charge in [-0.15, -0.1) is 0 Å². The molecule has 0 heterocycles. The molecule has 0 aliphatic carbocycles. The van der Waals surface area contributed by atoms with Gasteiger partial charge >= 0.3 is 0 Å². The van der Waals surface area contributed by atoms with Crippen molar-refractivity contribution in [2.45, 2.75) is 5.33 Å². The quantitative estimate of drug-likeness (QED) is 0.657. The molecule has 17 heavy (non-hydrogen) atoms. The summed E-state index contributed by atoms with van der Waals surface area (Å²) in [5.41, 5.74) is 1.16. The van der Waals surface area contributed by atoms with Gasteiger partial charge in [-0.1, -0.05) is 51.3 Å². The fourth-order valence-electron chi connectivity index (χ4n) is 1.37. The van der Waals surface area contributed by atoms with Crippen LogP contribution in [0.4, 0.5) is 0 Å². The van der Waals surface area contributed by atoms with Crippen LogP contribution in [0.15, 0.2) is 42.5 Å². The van der Waals surface area contributed by atoms with Gasteiger partial charge in [0.1, 0.15) is 11.5 Å². The van der Waals surface area contributed by atoms with Gasteiger partial charge in [0, 0.05) is 11.4 Å². The highest BCUT2D eigenvalue weighted by molar-refractivity contribution is 9.08. The molecule has 2 aromatic carbocycles. The van der Waals surface area contributed by atoms with Crippen LogP contribution in [0.25, 0.3) is 0 Å². The number of halogens is 3. The Balaban J connectivity index is 2.22. The number of ether oxygens (including phenoxy) is 1. The molecule has 0 unspecified atom stereocenters. The summed E-state index contributed by atoms with van der Waals surface area (Å²) in [6, 6.07) is 13.0. The lowest BCUT2D eigenvalue weighted by Crippen LogP contribution is -1.85. The van der Waals surface area contributed by atoms with E-state index in [2.05, 4.69) is 15.9 Å². The lowest BCUT2D eigenvalue weighted by molar-refractivity contribution is 0.482. The minimum atomic E-state index is 0.487. The second-order valence-corrected chi connectivity index (χ2v) is 4.83. The molecular weight excluding hydrogens is 323 g/mol. The zero-order chi connectivity index (χ0) is 12.3. The van der Waals surface area contributed by atoms with Crippen LogP contribution in [0.2, 0.25) is 10.0 Å². The van der Waals surface area contributed by atoms with Crippen LogP contribution in [0, 0.1) is 0 Å². The van der Waals surface area contributed by atoms with Crippen molar-refractivity contribution in [1.82, 2.24) is 0 Å². The Labute approximate surface area is 118 Å². The first kappa shape index (κ1) is 12.7. The van der Waals surface area contributed by atoms with Crippen molar-refractivity contribution in [3.63, 3.8) is 0 Å². The van der Waals surface area contributed by atoms with E-state index in [1.54, 1.807) is 18.2 Å². The Morgan fingerprint density at radius 1 is 0.941 bits per heavy atom. The summed E-state index contributed by atoms with van der Waals surface area (Å²) >= 11 is 15.2. The van der Waals surface area contributed by atoms with Crippen molar-refractivity contribution in [1.29, 1.82) is 0 Å². The van der Waals surface area contributed by atoms with Gasteiger partial charge in [0.15, 0.2) is 0 Å². The second kappa shape index (κ2) is 5.76.